The van der Waals surface area contributed by atoms with Crippen LogP contribution in [0.2, 0.25) is 13.1 Å². The summed E-state index contributed by atoms with van der Waals surface area (Å²) >= 11 is 0. The molecule has 1 atom stereocenters. The van der Waals surface area contributed by atoms with E-state index in [1.807, 2.05) is 0 Å². The van der Waals surface area contributed by atoms with Crippen molar-refractivity contribution < 1.29 is 51.0 Å². The van der Waals surface area contributed by atoms with Gasteiger partial charge >= 0.3 is 26.2 Å². The topological polar surface area (TPSA) is 0 Å². The van der Waals surface area contributed by atoms with Gasteiger partial charge in [-0.1, -0.05) is 111 Å². The van der Waals surface area contributed by atoms with E-state index in [9.17, 15) is 0 Å². The van der Waals surface area contributed by atoms with Gasteiger partial charge in [-0.25, -0.2) is 0 Å². The van der Waals surface area contributed by atoms with Gasteiger partial charge in [0.15, 0.2) is 0 Å². The molecule has 2 aliphatic carbocycles. The second kappa shape index (κ2) is 14.1. The van der Waals surface area contributed by atoms with Crippen molar-refractivity contribution in [3.63, 3.8) is 0 Å². The van der Waals surface area contributed by atoms with Gasteiger partial charge in [0.2, 0.25) is 0 Å². The van der Waals surface area contributed by atoms with Crippen LogP contribution in [0.1, 0.15) is 47.1 Å². The second-order valence-electron chi connectivity index (χ2n) is 9.99. The molecule has 0 fully saturated rings. The zero-order valence-corrected chi connectivity index (χ0v) is 28.0. The molecule has 7 rings (SSSR count). The van der Waals surface area contributed by atoms with Crippen molar-refractivity contribution in [1.82, 2.24) is 0 Å². The van der Waals surface area contributed by atoms with Gasteiger partial charge in [0.25, 0.3) is 0 Å². The maximum atomic E-state index is 3.69. The molecule has 0 N–H and O–H groups in total. The minimum atomic E-state index is 0. The van der Waals surface area contributed by atoms with E-state index in [1.54, 1.807) is 0 Å². The number of halogens is 2. The molecule has 4 heteroatoms. The molecule has 5 aromatic carbocycles. The molecule has 0 aliphatic heterocycles. The summed E-state index contributed by atoms with van der Waals surface area (Å²) in [5, 5.41) is 2.58. The van der Waals surface area contributed by atoms with Crippen molar-refractivity contribution in [3.05, 3.63) is 137 Å². The Morgan fingerprint density at radius 2 is 1.48 bits per heavy atom. The first-order chi connectivity index (χ1) is 18.2. The first-order valence-corrected chi connectivity index (χ1v) is 15.3. The van der Waals surface area contributed by atoms with E-state index in [0.717, 1.165) is 22.4 Å². The predicted octanol–water partition coefficient (Wildman–Crippen LogP) is 3.61. The van der Waals surface area contributed by atoms with Gasteiger partial charge < -0.3 is 24.8 Å². The van der Waals surface area contributed by atoms with Crippen LogP contribution in [-0.4, -0.2) is 9.52 Å². The summed E-state index contributed by atoms with van der Waals surface area (Å²) in [6.07, 6.45) is 4.51. The van der Waals surface area contributed by atoms with Gasteiger partial charge in [-0.2, -0.15) is 18.2 Å². The molecule has 0 heterocycles. The van der Waals surface area contributed by atoms with E-state index < -0.39 is 0 Å². The molecular weight excluding hydrogens is 623 g/mol. The fraction of sp³-hybridized carbons (Fsp3) is 0.167. The summed E-state index contributed by atoms with van der Waals surface area (Å²) in [7, 11) is 1.08. The summed E-state index contributed by atoms with van der Waals surface area (Å²) in [5.41, 5.74) is 13.9. The molecular formula is C36H31Cl2SiZr. The number of hydrogen-bond donors (Lipinski definition) is 0. The second-order valence-corrected chi connectivity index (χ2v) is 11.0. The third-order valence-electron chi connectivity index (χ3n) is 7.72. The largest absolute Gasteiger partial charge is 3.00 e. The van der Waals surface area contributed by atoms with E-state index in [-0.39, 0.29) is 56.9 Å². The monoisotopic (exact) mass is 651 g/mol. The van der Waals surface area contributed by atoms with Crippen molar-refractivity contribution >= 4 is 26.4 Å². The van der Waals surface area contributed by atoms with Gasteiger partial charge in [0.1, 0.15) is 0 Å². The Bertz CT molecular complexity index is 1660. The van der Waals surface area contributed by atoms with Crippen molar-refractivity contribution in [2.24, 2.45) is 0 Å². The molecule has 0 amide bonds. The molecule has 197 valence electrons. The number of benzene rings is 5. The summed E-state index contributed by atoms with van der Waals surface area (Å²) in [5.74, 6) is 0.282. The fourth-order valence-electron chi connectivity index (χ4n) is 6.10. The van der Waals surface area contributed by atoms with E-state index in [2.05, 4.69) is 129 Å². The Kier molecular flexibility index (Phi) is 11.4. The number of fused-ring (bicyclic) bond motifs is 5. The number of allylic oxidation sites excluding steroid dienone is 1. The summed E-state index contributed by atoms with van der Waals surface area (Å²) in [4.78, 5) is 0. The van der Waals surface area contributed by atoms with Crippen LogP contribution in [0.3, 0.4) is 0 Å². The third-order valence-corrected chi connectivity index (χ3v) is 7.72. The van der Waals surface area contributed by atoms with Crippen molar-refractivity contribution in [1.29, 1.82) is 0 Å². The molecule has 5 aromatic rings. The number of hydrogen-bond acceptors (Lipinski definition) is 0. The van der Waals surface area contributed by atoms with Crippen molar-refractivity contribution in [2.75, 3.05) is 0 Å². The molecule has 0 aromatic heterocycles. The van der Waals surface area contributed by atoms with E-state index in [1.165, 1.54) is 66.4 Å². The first-order valence-electron chi connectivity index (χ1n) is 13.3. The molecule has 40 heavy (non-hydrogen) atoms. The molecule has 0 spiro atoms. The van der Waals surface area contributed by atoms with Gasteiger partial charge in [0.05, 0.1) is 0 Å². The Hall–Kier alpha value is -2.22. The van der Waals surface area contributed by atoms with Crippen molar-refractivity contribution in [2.45, 2.75) is 38.8 Å². The van der Waals surface area contributed by atoms with Crippen LogP contribution in [0, 0.1) is 6.07 Å². The van der Waals surface area contributed by atoms with Crippen LogP contribution in [0.15, 0.2) is 103 Å². The predicted molar refractivity (Wildman–Crippen MR) is 160 cm³/mol. The molecule has 3 radical (unpaired) electrons. The fourth-order valence-corrected chi connectivity index (χ4v) is 6.10. The molecule has 0 saturated carbocycles. The van der Waals surface area contributed by atoms with Gasteiger partial charge in [-0.05, 0) is 63.1 Å². The standard InChI is InChI=1S/C34H25.C2H6Si.2ClH.Zr/c1-2-22-20-32-28(26-18-17-23-9-3-4-10-24(23)19-26)13-7-15-30(32)34(22)31-16-8-14-29-27-12-6-5-11-25(27)21-33(29)31;1-3-2;;;/h3-15,17-20,34H,2,21H2,1H3;1-2H3;2*1H;/q-1;;;;+3/p-2. The third kappa shape index (κ3) is 5.75. The Labute approximate surface area is 273 Å². The molecule has 2 aliphatic rings. The molecule has 1 unspecified atom stereocenters. The number of rotatable bonds is 3. The van der Waals surface area contributed by atoms with Gasteiger partial charge in [0, 0.05) is 15.4 Å². The minimum Gasteiger partial charge on any atom is -1.00 e. The van der Waals surface area contributed by atoms with Crippen molar-refractivity contribution in [3.8, 4) is 22.3 Å². The SMILES string of the molecule is CCC1=Cc2c(-c3ccc4ccccc4c3)cccc2C1c1[c-]ccc2c1Cc1ccccc1-2.C[Si]C.[Cl-].[Cl-].[Zr+3]. The van der Waals surface area contributed by atoms with Crippen LogP contribution >= 0.6 is 0 Å². The Balaban J connectivity index is 0.000000706. The first kappa shape index (κ1) is 32.3. The smallest absolute Gasteiger partial charge is 1.00 e. The quantitative estimate of drug-likeness (QED) is 0.203. The maximum Gasteiger partial charge on any atom is 3.00 e. The zero-order valence-electron chi connectivity index (χ0n) is 23.1. The van der Waals surface area contributed by atoms with Gasteiger partial charge in [-0.15, -0.1) is 16.7 Å². The minimum absolute atomic E-state index is 0. The summed E-state index contributed by atoms with van der Waals surface area (Å²) < 4.78 is 0. The molecule has 0 saturated heterocycles. The molecule has 0 bridgehead atoms. The zero-order chi connectivity index (χ0) is 25.4. The van der Waals surface area contributed by atoms with Crippen LogP contribution in [0.5, 0.6) is 0 Å². The maximum absolute atomic E-state index is 3.69. The van der Waals surface area contributed by atoms with E-state index in [4.69, 9.17) is 0 Å². The molecule has 0 nitrogen and oxygen atoms in total. The van der Waals surface area contributed by atoms with Crippen LogP contribution in [0.4, 0.5) is 0 Å². The van der Waals surface area contributed by atoms with E-state index >= 15 is 0 Å². The van der Waals surface area contributed by atoms with Crippen LogP contribution in [0.25, 0.3) is 39.1 Å². The van der Waals surface area contributed by atoms with Crippen LogP contribution < -0.4 is 24.8 Å². The average Bonchev–Trinajstić information content (AvgIpc) is 3.51. The normalized spacial score (nSPS) is 13.8. The average molecular weight is 654 g/mol. The summed E-state index contributed by atoms with van der Waals surface area (Å²) in [6, 6.07) is 39.3. The van der Waals surface area contributed by atoms with Gasteiger partial charge in [-0.3, -0.25) is 0 Å². The van der Waals surface area contributed by atoms with E-state index in [0.29, 0.717) is 0 Å². The Morgan fingerprint density at radius 3 is 2.25 bits per heavy atom. The Morgan fingerprint density at radius 1 is 0.775 bits per heavy atom. The van der Waals surface area contributed by atoms with Crippen LogP contribution in [-0.2, 0) is 32.6 Å². The summed E-state index contributed by atoms with van der Waals surface area (Å²) in [6.45, 7) is 6.60.